The van der Waals surface area contributed by atoms with E-state index in [9.17, 15) is 4.79 Å². The predicted octanol–water partition coefficient (Wildman–Crippen LogP) is 3.02. The minimum Gasteiger partial charge on any atom is -0.477 e. The molecule has 0 fully saturated rings. The van der Waals surface area contributed by atoms with Crippen LogP contribution < -0.4 is 9.47 Å². The smallest absolute Gasteiger partial charge is 0.376 e. The topological polar surface area (TPSA) is 101 Å². The summed E-state index contributed by atoms with van der Waals surface area (Å²) in [5.41, 5.74) is 1.01. The molecule has 0 aliphatic carbocycles. The number of hydrogen-bond acceptors (Lipinski definition) is 8. The summed E-state index contributed by atoms with van der Waals surface area (Å²) in [4.78, 5) is 21.1. The van der Waals surface area contributed by atoms with Crippen LogP contribution in [-0.2, 0) is 4.74 Å². The van der Waals surface area contributed by atoms with Crippen LogP contribution in [0.1, 0.15) is 23.4 Å². The van der Waals surface area contributed by atoms with Crippen LogP contribution in [0.3, 0.4) is 0 Å². The Hall–Kier alpha value is -2.65. The second-order valence-electron chi connectivity index (χ2n) is 5.26. The largest absolute Gasteiger partial charge is 0.477 e. The monoisotopic (exact) mass is 411 g/mol. The van der Waals surface area contributed by atoms with Crippen LogP contribution >= 0.6 is 23.2 Å². The van der Waals surface area contributed by atoms with Gasteiger partial charge in [0.15, 0.2) is 0 Å². The van der Waals surface area contributed by atoms with Gasteiger partial charge in [-0.3, -0.25) is 4.57 Å². The standard InChI is InChI=1S/C16H15Cl2N5O4/c1-5-27-16(24)13-22-21-7(2)23(13)12-10(18)8(17)6-9-11(12)20-15(26-4)14(19-9)25-3/h6H,5H2,1-4H3. The zero-order valence-electron chi connectivity index (χ0n) is 14.9. The first-order valence-electron chi connectivity index (χ1n) is 7.80. The average Bonchev–Trinajstić information content (AvgIpc) is 3.03. The molecule has 0 spiro atoms. The van der Waals surface area contributed by atoms with Gasteiger partial charge >= 0.3 is 5.97 Å². The van der Waals surface area contributed by atoms with E-state index in [1.54, 1.807) is 19.9 Å². The number of rotatable bonds is 5. The third-order valence-electron chi connectivity index (χ3n) is 3.66. The van der Waals surface area contributed by atoms with Crippen LogP contribution in [-0.4, -0.2) is 51.5 Å². The molecule has 1 aromatic carbocycles. The molecule has 11 heteroatoms. The zero-order valence-corrected chi connectivity index (χ0v) is 16.4. The molecule has 9 nitrogen and oxygen atoms in total. The molecule has 0 aliphatic rings. The minimum atomic E-state index is -0.657. The molecule has 27 heavy (non-hydrogen) atoms. The van der Waals surface area contributed by atoms with Crippen LogP contribution in [0.4, 0.5) is 0 Å². The number of aromatic nitrogens is 5. The maximum atomic E-state index is 12.3. The number of fused-ring (bicyclic) bond motifs is 1. The summed E-state index contributed by atoms with van der Waals surface area (Å²) in [6, 6.07) is 1.54. The van der Waals surface area contributed by atoms with Gasteiger partial charge in [0.05, 0.1) is 42.1 Å². The summed E-state index contributed by atoms with van der Waals surface area (Å²) < 4.78 is 16.9. The van der Waals surface area contributed by atoms with Crippen molar-refractivity contribution in [2.75, 3.05) is 20.8 Å². The van der Waals surface area contributed by atoms with E-state index < -0.39 is 5.97 Å². The molecule has 0 radical (unpaired) electrons. The van der Waals surface area contributed by atoms with Gasteiger partial charge in [-0.25, -0.2) is 14.8 Å². The molecule has 0 saturated heterocycles. The summed E-state index contributed by atoms with van der Waals surface area (Å²) in [5, 5.41) is 8.22. The molecule has 0 saturated carbocycles. The number of carbonyl (C=O) groups excluding carboxylic acids is 1. The average molecular weight is 412 g/mol. The van der Waals surface area contributed by atoms with E-state index in [-0.39, 0.29) is 39.9 Å². The van der Waals surface area contributed by atoms with Crippen molar-refractivity contribution in [1.29, 1.82) is 0 Å². The van der Waals surface area contributed by atoms with Gasteiger partial charge in [-0.2, -0.15) is 0 Å². The molecule has 0 unspecified atom stereocenters. The molecule has 2 heterocycles. The molecule has 0 atom stereocenters. The van der Waals surface area contributed by atoms with Crippen molar-refractivity contribution >= 4 is 40.2 Å². The first-order chi connectivity index (χ1) is 12.9. The maximum absolute atomic E-state index is 12.3. The lowest BCUT2D eigenvalue weighted by atomic mass is 10.2. The molecular weight excluding hydrogens is 397 g/mol. The van der Waals surface area contributed by atoms with Gasteiger partial charge in [0.2, 0.25) is 5.82 Å². The van der Waals surface area contributed by atoms with E-state index in [1.165, 1.54) is 18.8 Å². The third kappa shape index (κ3) is 3.24. The number of aryl methyl sites for hydroxylation is 1. The fourth-order valence-electron chi connectivity index (χ4n) is 2.52. The van der Waals surface area contributed by atoms with Crippen molar-refractivity contribution in [1.82, 2.24) is 24.7 Å². The number of halogens is 2. The van der Waals surface area contributed by atoms with Gasteiger partial charge in [-0.1, -0.05) is 23.2 Å². The Bertz CT molecular complexity index is 1040. The molecule has 0 N–H and O–H groups in total. The highest BCUT2D eigenvalue weighted by atomic mass is 35.5. The number of nitrogens with zero attached hydrogens (tertiary/aromatic N) is 5. The number of methoxy groups -OCH3 is 2. The SMILES string of the molecule is CCOC(=O)c1nnc(C)n1-c1c(Cl)c(Cl)cc2nc(OC)c(OC)nc12. The van der Waals surface area contributed by atoms with Crippen LogP contribution in [0, 0.1) is 6.92 Å². The summed E-state index contributed by atoms with van der Waals surface area (Å²) in [6.07, 6.45) is 0. The lowest BCUT2D eigenvalue weighted by Crippen LogP contribution is -2.14. The van der Waals surface area contributed by atoms with E-state index in [0.29, 0.717) is 16.9 Å². The Balaban J connectivity index is 2.40. The second kappa shape index (κ2) is 7.53. The van der Waals surface area contributed by atoms with E-state index in [1.807, 2.05) is 0 Å². The molecule has 3 aromatic rings. The van der Waals surface area contributed by atoms with Crippen molar-refractivity contribution in [3.8, 4) is 17.4 Å². The Kier molecular flexibility index (Phi) is 5.33. The number of ether oxygens (including phenoxy) is 3. The number of benzene rings is 1. The minimum absolute atomic E-state index is 0.0589. The van der Waals surface area contributed by atoms with Gasteiger partial charge in [-0.15, -0.1) is 10.2 Å². The molecule has 0 amide bonds. The summed E-state index contributed by atoms with van der Waals surface area (Å²) >= 11 is 12.7. The Morgan fingerprint density at radius 1 is 1.15 bits per heavy atom. The van der Waals surface area contributed by atoms with Crippen LogP contribution in [0.25, 0.3) is 16.7 Å². The molecular formula is C16H15Cl2N5O4. The van der Waals surface area contributed by atoms with E-state index in [2.05, 4.69) is 20.2 Å². The molecule has 0 aliphatic heterocycles. The van der Waals surface area contributed by atoms with Crippen LogP contribution in [0.15, 0.2) is 6.07 Å². The normalized spacial score (nSPS) is 10.9. The van der Waals surface area contributed by atoms with Crippen molar-refractivity contribution in [2.24, 2.45) is 0 Å². The van der Waals surface area contributed by atoms with Crippen molar-refractivity contribution in [3.05, 3.63) is 27.8 Å². The Morgan fingerprint density at radius 3 is 2.44 bits per heavy atom. The molecule has 0 bridgehead atoms. The van der Waals surface area contributed by atoms with Gasteiger partial charge < -0.3 is 14.2 Å². The molecule has 142 valence electrons. The fraction of sp³-hybridized carbons (Fsp3) is 0.312. The van der Waals surface area contributed by atoms with Gasteiger partial charge in [0.1, 0.15) is 11.3 Å². The van der Waals surface area contributed by atoms with Gasteiger partial charge in [0, 0.05) is 0 Å². The first-order valence-corrected chi connectivity index (χ1v) is 8.55. The lowest BCUT2D eigenvalue weighted by Gasteiger charge is -2.15. The fourth-order valence-corrected chi connectivity index (χ4v) is 2.94. The highest BCUT2D eigenvalue weighted by Crippen LogP contribution is 2.38. The Morgan fingerprint density at radius 2 is 1.81 bits per heavy atom. The Labute approximate surface area is 164 Å². The quantitative estimate of drug-likeness (QED) is 0.590. The summed E-state index contributed by atoms with van der Waals surface area (Å²) in [7, 11) is 2.88. The van der Waals surface area contributed by atoms with Crippen molar-refractivity contribution < 1.29 is 19.0 Å². The first kappa shape index (κ1) is 19.1. The molecule has 2 aromatic heterocycles. The van der Waals surface area contributed by atoms with Crippen molar-refractivity contribution in [3.63, 3.8) is 0 Å². The van der Waals surface area contributed by atoms with Crippen LogP contribution in [0.5, 0.6) is 11.8 Å². The van der Waals surface area contributed by atoms with E-state index in [4.69, 9.17) is 37.4 Å². The number of hydrogen-bond donors (Lipinski definition) is 0. The zero-order chi connectivity index (χ0) is 19.7. The number of carbonyl (C=O) groups is 1. The maximum Gasteiger partial charge on any atom is 0.376 e. The highest BCUT2D eigenvalue weighted by Gasteiger charge is 2.26. The summed E-state index contributed by atoms with van der Waals surface area (Å²) in [5.74, 6) is 0.000666. The highest BCUT2D eigenvalue weighted by molar-refractivity contribution is 6.44. The van der Waals surface area contributed by atoms with E-state index >= 15 is 0 Å². The summed E-state index contributed by atoms with van der Waals surface area (Å²) in [6.45, 7) is 3.53. The van der Waals surface area contributed by atoms with E-state index in [0.717, 1.165) is 0 Å². The molecule has 3 rings (SSSR count). The predicted molar refractivity (Wildman–Crippen MR) is 98.3 cm³/mol. The van der Waals surface area contributed by atoms with Gasteiger partial charge in [0.25, 0.3) is 11.8 Å². The third-order valence-corrected chi connectivity index (χ3v) is 4.44. The van der Waals surface area contributed by atoms with Crippen LogP contribution in [0.2, 0.25) is 10.0 Å². The van der Waals surface area contributed by atoms with Gasteiger partial charge in [-0.05, 0) is 19.9 Å². The lowest BCUT2D eigenvalue weighted by molar-refractivity contribution is 0.0509. The van der Waals surface area contributed by atoms with Crippen molar-refractivity contribution in [2.45, 2.75) is 13.8 Å². The number of esters is 1. The second-order valence-corrected chi connectivity index (χ2v) is 6.04.